The van der Waals surface area contributed by atoms with Gasteiger partial charge in [0.2, 0.25) is 0 Å². The lowest BCUT2D eigenvalue weighted by atomic mass is 9.99. The predicted molar refractivity (Wildman–Crippen MR) is 237 cm³/mol. The van der Waals surface area contributed by atoms with Crippen molar-refractivity contribution in [2.75, 3.05) is 9.80 Å². The van der Waals surface area contributed by atoms with E-state index in [2.05, 4.69) is 119 Å². The summed E-state index contributed by atoms with van der Waals surface area (Å²) in [6.07, 6.45) is 23.6. The summed E-state index contributed by atoms with van der Waals surface area (Å²) >= 11 is 0. The molecule has 0 N–H and O–H groups in total. The van der Waals surface area contributed by atoms with E-state index in [4.69, 9.17) is 0 Å². The predicted octanol–water partition coefficient (Wildman–Crippen LogP) is 13.9. The molecule has 10 rings (SSSR count). The second kappa shape index (κ2) is 15.3. The summed E-state index contributed by atoms with van der Waals surface area (Å²) in [5, 5.41) is 0. The van der Waals surface area contributed by atoms with Crippen LogP contribution in [0.15, 0.2) is 193 Å². The Bertz CT molecular complexity index is 2570. The van der Waals surface area contributed by atoms with Gasteiger partial charge in [0.15, 0.2) is 0 Å². The molecule has 0 amide bonds. The van der Waals surface area contributed by atoms with Gasteiger partial charge in [-0.25, -0.2) is 17.6 Å². The monoisotopic (exact) mass is 796 g/mol. The van der Waals surface area contributed by atoms with Crippen molar-refractivity contribution in [1.29, 1.82) is 0 Å². The molecule has 60 heavy (non-hydrogen) atoms. The Labute approximate surface area is 349 Å². The van der Waals surface area contributed by atoms with Crippen LogP contribution in [0.25, 0.3) is 23.3 Å². The molecule has 5 aromatic carbocycles. The van der Waals surface area contributed by atoms with Gasteiger partial charge in [-0.3, -0.25) is 0 Å². The Morgan fingerprint density at radius 3 is 1.52 bits per heavy atom. The SMILES string of the molecule is FC1=CCC(N(c2ccc(F)cc2)c2ccc(CCc3ccc(-c4ccc(/C=C/c5ccc(N(C6=CC7CC7(F)C=C6)C6=CC7CC7(F)C=C6)cc5)cc4)cc3)cc2)C=C1. The number of rotatable bonds is 12. The van der Waals surface area contributed by atoms with Crippen LogP contribution >= 0.6 is 0 Å². The van der Waals surface area contributed by atoms with Crippen LogP contribution in [0.5, 0.6) is 0 Å². The van der Waals surface area contributed by atoms with Crippen molar-refractivity contribution in [2.45, 2.75) is 49.5 Å². The molecule has 298 valence electrons. The molecule has 2 fully saturated rings. The Morgan fingerprint density at radius 1 is 0.550 bits per heavy atom. The molecule has 5 aliphatic carbocycles. The molecule has 5 atom stereocenters. The second-order valence-corrected chi connectivity index (χ2v) is 16.7. The zero-order valence-electron chi connectivity index (χ0n) is 33.1. The zero-order valence-corrected chi connectivity index (χ0v) is 33.1. The number of nitrogens with zero attached hydrogens (tertiary/aromatic N) is 2. The maximum atomic E-state index is 14.7. The number of allylic oxidation sites excluding steroid dienone is 8. The van der Waals surface area contributed by atoms with Crippen LogP contribution in [0.3, 0.4) is 0 Å². The summed E-state index contributed by atoms with van der Waals surface area (Å²) in [6.45, 7) is 0. The molecular weight excluding hydrogens is 753 g/mol. The highest BCUT2D eigenvalue weighted by Gasteiger charge is 2.55. The van der Waals surface area contributed by atoms with Gasteiger partial charge < -0.3 is 9.80 Å². The number of fused-ring (bicyclic) bond motifs is 2. The number of hydrogen-bond acceptors (Lipinski definition) is 2. The average Bonchev–Trinajstić information content (AvgIpc) is 4.17. The third kappa shape index (κ3) is 7.87. The third-order valence-electron chi connectivity index (χ3n) is 12.5. The smallest absolute Gasteiger partial charge is 0.136 e. The van der Waals surface area contributed by atoms with E-state index in [0.29, 0.717) is 19.3 Å². The van der Waals surface area contributed by atoms with Crippen LogP contribution in [-0.2, 0) is 12.8 Å². The minimum absolute atomic E-state index is 0.0703. The molecule has 0 spiro atoms. The van der Waals surface area contributed by atoms with Gasteiger partial charge in [0.05, 0.1) is 6.04 Å². The average molecular weight is 797 g/mol. The minimum atomic E-state index is -1.21. The van der Waals surface area contributed by atoms with Gasteiger partial charge in [-0.05, 0) is 150 Å². The van der Waals surface area contributed by atoms with Crippen molar-refractivity contribution in [2.24, 2.45) is 11.8 Å². The molecule has 2 saturated carbocycles. The summed E-state index contributed by atoms with van der Waals surface area (Å²) < 4.78 is 56.9. The molecule has 0 bridgehead atoms. The first-order valence-electron chi connectivity index (χ1n) is 20.8. The van der Waals surface area contributed by atoms with E-state index in [-0.39, 0.29) is 29.5 Å². The van der Waals surface area contributed by atoms with Crippen molar-refractivity contribution in [3.05, 3.63) is 221 Å². The molecule has 0 aliphatic heterocycles. The number of anilines is 3. The highest BCUT2D eigenvalue weighted by atomic mass is 19.2. The van der Waals surface area contributed by atoms with Crippen LogP contribution in [0, 0.1) is 17.7 Å². The highest BCUT2D eigenvalue weighted by Crippen LogP contribution is 2.55. The first-order valence-corrected chi connectivity index (χ1v) is 20.8. The standard InChI is InChI=1S/C54H44F4N2/c55-45-17-25-49(26-18-45)59(50-27-19-46(56)20-28-50)47-21-9-39(10-22-47)3-1-37-5-13-41(14-6-37)42-15-7-38(8-16-42)2-4-40-11-23-48(24-12-40)60(51-29-31-53(57)35-43(53)33-51)52-30-32-54(58)36-44(54)34-52/h2,4-27,29-34,43-44,50H,1,3,28,35-36H2/b4-2+. The number of hydrogen-bond donors (Lipinski definition) is 0. The Balaban J connectivity index is 0.759. The van der Waals surface area contributed by atoms with Gasteiger partial charge >= 0.3 is 0 Å². The topological polar surface area (TPSA) is 6.48 Å². The van der Waals surface area contributed by atoms with Gasteiger partial charge in [0, 0.05) is 40.3 Å². The molecule has 2 nitrogen and oxygen atoms in total. The maximum absolute atomic E-state index is 14.7. The quantitative estimate of drug-likeness (QED) is 0.0917. The van der Waals surface area contributed by atoms with E-state index in [9.17, 15) is 17.6 Å². The van der Waals surface area contributed by atoms with E-state index in [1.165, 1.54) is 29.3 Å². The summed E-state index contributed by atoms with van der Waals surface area (Å²) in [6, 6.07) is 40.5. The fraction of sp³-hybridized carbons (Fsp3) is 0.185. The fourth-order valence-corrected chi connectivity index (χ4v) is 8.65. The number of benzene rings is 5. The third-order valence-corrected chi connectivity index (χ3v) is 12.5. The van der Waals surface area contributed by atoms with E-state index < -0.39 is 11.3 Å². The summed E-state index contributed by atoms with van der Waals surface area (Å²) in [7, 11) is 0. The van der Waals surface area contributed by atoms with Crippen LogP contribution in [0.4, 0.5) is 34.6 Å². The van der Waals surface area contributed by atoms with E-state index >= 15 is 0 Å². The lowest BCUT2D eigenvalue weighted by molar-refractivity contribution is 0.360. The van der Waals surface area contributed by atoms with E-state index in [0.717, 1.165) is 63.6 Å². The van der Waals surface area contributed by atoms with Gasteiger partial charge in [-0.2, -0.15) is 0 Å². The largest absolute Gasteiger partial charge is 0.334 e. The van der Waals surface area contributed by atoms with Gasteiger partial charge in [0.25, 0.3) is 0 Å². The van der Waals surface area contributed by atoms with Crippen LogP contribution < -0.4 is 9.80 Å². The fourth-order valence-electron chi connectivity index (χ4n) is 8.65. The molecule has 5 unspecified atom stereocenters. The van der Waals surface area contributed by atoms with Gasteiger partial charge in [0.1, 0.15) is 23.0 Å². The maximum Gasteiger partial charge on any atom is 0.136 e. The number of halogens is 4. The zero-order chi connectivity index (χ0) is 40.8. The normalized spacial score (nSPS) is 24.6. The lowest BCUT2D eigenvalue weighted by Crippen LogP contribution is -2.30. The van der Waals surface area contributed by atoms with Crippen molar-refractivity contribution in [1.82, 2.24) is 0 Å². The van der Waals surface area contributed by atoms with Crippen molar-refractivity contribution in [3.8, 4) is 11.1 Å². The van der Waals surface area contributed by atoms with Crippen LogP contribution in [0.1, 0.15) is 41.5 Å². The number of aryl methyl sites for hydroxylation is 2. The summed E-state index contributed by atoms with van der Waals surface area (Å²) in [5.74, 6) is -0.721. The van der Waals surface area contributed by atoms with Crippen LogP contribution in [-0.4, -0.2) is 17.4 Å². The second-order valence-electron chi connectivity index (χ2n) is 16.7. The van der Waals surface area contributed by atoms with E-state index in [1.54, 1.807) is 30.4 Å². The molecule has 0 aromatic heterocycles. The molecule has 6 heteroatoms. The van der Waals surface area contributed by atoms with Crippen molar-refractivity contribution < 1.29 is 17.6 Å². The Morgan fingerprint density at radius 2 is 1.02 bits per heavy atom. The first-order chi connectivity index (χ1) is 29.2. The van der Waals surface area contributed by atoms with Crippen LogP contribution in [0.2, 0.25) is 0 Å². The Kier molecular flexibility index (Phi) is 9.67. The van der Waals surface area contributed by atoms with Gasteiger partial charge in [-0.1, -0.05) is 103 Å². The highest BCUT2D eigenvalue weighted by molar-refractivity contribution is 5.74. The summed E-state index contributed by atoms with van der Waals surface area (Å²) in [4.78, 5) is 4.24. The van der Waals surface area contributed by atoms with Crippen molar-refractivity contribution >= 4 is 29.2 Å². The van der Waals surface area contributed by atoms with Gasteiger partial charge in [-0.15, -0.1) is 0 Å². The molecule has 0 saturated heterocycles. The number of alkyl halides is 2. The molecule has 5 aliphatic rings. The molecule has 0 heterocycles. The Hall–Kier alpha value is -6.40. The van der Waals surface area contributed by atoms with E-state index in [1.807, 2.05) is 30.4 Å². The molecule has 0 radical (unpaired) electrons. The molecule has 5 aromatic rings. The first kappa shape index (κ1) is 37.8. The summed E-state index contributed by atoms with van der Waals surface area (Å²) in [5.41, 5.74) is 9.18. The molecular formula is C54H44F4N2. The lowest BCUT2D eigenvalue weighted by Gasteiger charge is -2.32. The van der Waals surface area contributed by atoms with Crippen molar-refractivity contribution in [3.63, 3.8) is 0 Å². The minimum Gasteiger partial charge on any atom is -0.334 e.